The highest BCUT2D eigenvalue weighted by Gasteiger charge is 2.31. The van der Waals surface area contributed by atoms with Crippen molar-refractivity contribution in [3.05, 3.63) is 57.8 Å². The Kier molecular flexibility index (Phi) is 4.68. The number of hydrogen-bond acceptors (Lipinski definition) is 4. The summed E-state index contributed by atoms with van der Waals surface area (Å²) in [7, 11) is 1.65. The maximum Gasteiger partial charge on any atom is 0.266 e. The first kappa shape index (κ1) is 17.7. The Balaban J connectivity index is 1.40. The molecule has 2 heterocycles. The van der Waals surface area contributed by atoms with Crippen LogP contribution in [0, 0.1) is 11.7 Å². The molecule has 27 heavy (non-hydrogen) atoms. The second kappa shape index (κ2) is 7.13. The van der Waals surface area contributed by atoms with Crippen LogP contribution in [0.25, 0.3) is 0 Å². The van der Waals surface area contributed by atoms with Crippen molar-refractivity contribution in [2.24, 2.45) is 13.0 Å². The number of nitrogens with zero attached hydrogens (tertiary/aromatic N) is 4. The topological polar surface area (TPSA) is 58.4 Å². The summed E-state index contributed by atoms with van der Waals surface area (Å²) < 4.78 is 15.3. The third-order valence-electron chi connectivity index (χ3n) is 5.59. The van der Waals surface area contributed by atoms with E-state index in [0.29, 0.717) is 38.3 Å². The minimum Gasteiger partial charge on any atom is -0.366 e. The number of benzene rings is 1. The Morgan fingerprint density at radius 1 is 1.19 bits per heavy atom. The molecule has 0 spiro atoms. The summed E-state index contributed by atoms with van der Waals surface area (Å²) in [5.74, 6) is -0.198. The molecule has 0 unspecified atom stereocenters. The molecule has 2 aliphatic rings. The van der Waals surface area contributed by atoms with Crippen molar-refractivity contribution in [1.29, 1.82) is 0 Å². The number of aromatic nitrogens is 2. The van der Waals surface area contributed by atoms with Crippen molar-refractivity contribution in [2.45, 2.75) is 19.3 Å². The average molecular weight is 370 g/mol. The summed E-state index contributed by atoms with van der Waals surface area (Å²) in [6, 6.07) is 8.36. The van der Waals surface area contributed by atoms with E-state index in [1.807, 2.05) is 15.9 Å². The number of amides is 1. The van der Waals surface area contributed by atoms with Crippen LogP contribution in [-0.2, 0) is 24.7 Å². The molecule has 0 saturated carbocycles. The number of hydrogen-bond donors (Lipinski definition) is 0. The lowest BCUT2D eigenvalue weighted by Gasteiger charge is -2.38. The molecule has 1 aromatic carbocycles. The molecule has 0 radical (unpaired) electrons. The van der Waals surface area contributed by atoms with Gasteiger partial charge < -0.3 is 9.80 Å². The van der Waals surface area contributed by atoms with Gasteiger partial charge in [-0.2, -0.15) is 5.10 Å². The van der Waals surface area contributed by atoms with E-state index in [1.54, 1.807) is 25.2 Å². The summed E-state index contributed by atoms with van der Waals surface area (Å²) in [5.41, 5.74) is 2.27. The van der Waals surface area contributed by atoms with Gasteiger partial charge in [0.05, 0.1) is 11.4 Å². The van der Waals surface area contributed by atoms with E-state index in [9.17, 15) is 14.0 Å². The quantitative estimate of drug-likeness (QED) is 0.801. The SMILES string of the molecule is Cn1nc2c(cc1=O)C[C@H](C(=O)N1CCN(c3ccccc3F)CC1)CC2. The standard InChI is InChI=1S/C20H23FN4O2/c1-23-19(26)13-15-12-14(6-7-17(15)22-23)20(27)25-10-8-24(9-11-25)18-5-3-2-4-16(18)21/h2-5,13-14H,6-12H2,1H3/t14-/m1/s1. The van der Waals surface area contributed by atoms with Gasteiger partial charge in [-0.25, -0.2) is 9.07 Å². The maximum atomic E-state index is 14.0. The highest BCUT2D eigenvalue weighted by molar-refractivity contribution is 5.80. The third-order valence-corrected chi connectivity index (χ3v) is 5.59. The van der Waals surface area contributed by atoms with E-state index in [-0.39, 0.29) is 23.2 Å². The molecule has 6 nitrogen and oxygen atoms in total. The summed E-state index contributed by atoms with van der Waals surface area (Å²) >= 11 is 0. The molecular weight excluding hydrogens is 347 g/mol. The van der Waals surface area contributed by atoms with Crippen LogP contribution in [0.5, 0.6) is 0 Å². The van der Waals surface area contributed by atoms with Gasteiger partial charge >= 0.3 is 0 Å². The monoisotopic (exact) mass is 370 g/mol. The Labute approximate surface area is 157 Å². The fourth-order valence-corrected chi connectivity index (χ4v) is 4.03. The zero-order valence-electron chi connectivity index (χ0n) is 15.4. The number of rotatable bonds is 2. The van der Waals surface area contributed by atoms with Crippen molar-refractivity contribution in [2.75, 3.05) is 31.1 Å². The van der Waals surface area contributed by atoms with Crippen LogP contribution < -0.4 is 10.5 Å². The molecule has 1 aliphatic carbocycles. The Hall–Kier alpha value is -2.70. The normalized spacial score (nSPS) is 19.7. The van der Waals surface area contributed by atoms with Gasteiger partial charge in [-0.05, 0) is 37.0 Å². The highest BCUT2D eigenvalue weighted by Crippen LogP contribution is 2.26. The van der Waals surface area contributed by atoms with Gasteiger partial charge in [0.15, 0.2) is 0 Å². The van der Waals surface area contributed by atoms with Crippen molar-refractivity contribution < 1.29 is 9.18 Å². The van der Waals surface area contributed by atoms with Gasteiger partial charge in [-0.1, -0.05) is 12.1 Å². The number of halogens is 1. The summed E-state index contributed by atoms with van der Waals surface area (Å²) in [4.78, 5) is 28.7. The predicted octanol–water partition coefficient (Wildman–Crippen LogP) is 1.37. The molecule has 1 aliphatic heterocycles. The first-order chi connectivity index (χ1) is 13.0. The smallest absolute Gasteiger partial charge is 0.266 e. The number of para-hydroxylation sites is 1. The zero-order chi connectivity index (χ0) is 19.0. The van der Waals surface area contributed by atoms with Crippen molar-refractivity contribution in [1.82, 2.24) is 14.7 Å². The number of fused-ring (bicyclic) bond motifs is 1. The molecule has 1 saturated heterocycles. The number of carbonyl (C=O) groups excluding carboxylic acids is 1. The molecule has 0 bridgehead atoms. The molecule has 1 atom stereocenters. The molecule has 7 heteroatoms. The third kappa shape index (κ3) is 3.46. The minimum atomic E-state index is -0.227. The lowest BCUT2D eigenvalue weighted by molar-refractivity contribution is -0.136. The van der Waals surface area contributed by atoms with Crippen LogP contribution in [0.15, 0.2) is 35.1 Å². The summed E-state index contributed by atoms with van der Waals surface area (Å²) in [6.07, 6.45) is 2.05. The van der Waals surface area contributed by atoms with Gasteiger partial charge in [0.2, 0.25) is 5.91 Å². The molecule has 2 aromatic rings. The molecule has 1 aromatic heterocycles. The molecular formula is C20H23FN4O2. The van der Waals surface area contributed by atoms with Crippen LogP contribution in [0.3, 0.4) is 0 Å². The predicted molar refractivity (Wildman–Crippen MR) is 100 cm³/mol. The van der Waals surface area contributed by atoms with E-state index in [0.717, 1.165) is 24.1 Å². The van der Waals surface area contributed by atoms with Gasteiger partial charge in [0.1, 0.15) is 5.82 Å². The van der Waals surface area contributed by atoms with Gasteiger partial charge in [-0.15, -0.1) is 0 Å². The van der Waals surface area contributed by atoms with E-state index in [2.05, 4.69) is 5.10 Å². The fourth-order valence-electron chi connectivity index (χ4n) is 4.03. The molecule has 1 amide bonds. The zero-order valence-corrected chi connectivity index (χ0v) is 15.4. The van der Waals surface area contributed by atoms with Gasteiger partial charge in [-0.3, -0.25) is 9.59 Å². The van der Waals surface area contributed by atoms with E-state index < -0.39 is 0 Å². The van der Waals surface area contributed by atoms with Crippen LogP contribution in [0.1, 0.15) is 17.7 Å². The Bertz CT molecular complexity index is 918. The largest absolute Gasteiger partial charge is 0.366 e. The molecule has 142 valence electrons. The number of aryl methyl sites for hydroxylation is 2. The van der Waals surface area contributed by atoms with Gasteiger partial charge in [0, 0.05) is 45.2 Å². The second-order valence-electron chi connectivity index (χ2n) is 7.28. The minimum absolute atomic E-state index is 0.105. The Morgan fingerprint density at radius 3 is 2.67 bits per heavy atom. The first-order valence-electron chi connectivity index (χ1n) is 9.37. The highest BCUT2D eigenvalue weighted by atomic mass is 19.1. The maximum absolute atomic E-state index is 14.0. The summed E-state index contributed by atoms with van der Waals surface area (Å²) in [5, 5.41) is 4.31. The number of anilines is 1. The van der Waals surface area contributed by atoms with Gasteiger partial charge in [0.25, 0.3) is 5.56 Å². The van der Waals surface area contributed by atoms with Crippen LogP contribution in [0.4, 0.5) is 10.1 Å². The van der Waals surface area contributed by atoms with E-state index >= 15 is 0 Å². The second-order valence-corrected chi connectivity index (χ2v) is 7.28. The molecule has 1 fully saturated rings. The molecule has 0 N–H and O–H groups in total. The van der Waals surface area contributed by atoms with E-state index in [4.69, 9.17) is 0 Å². The number of piperazine rings is 1. The van der Waals surface area contributed by atoms with E-state index in [1.165, 1.54) is 10.7 Å². The first-order valence-corrected chi connectivity index (χ1v) is 9.37. The van der Waals surface area contributed by atoms with Crippen molar-refractivity contribution in [3.8, 4) is 0 Å². The average Bonchev–Trinajstić information content (AvgIpc) is 2.68. The lowest BCUT2D eigenvalue weighted by atomic mass is 9.86. The lowest BCUT2D eigenvalue weighted by Crippen LogP contribution is -2.51. The molecule has 4 rings (SSSR count). The van der Waals surface area contributed by atoms with Crippen LogP contribution in [0.2, 0.25) is 0 Å². The Morgan fingerprint density at radius 2 is 1.93 bits per heavy atom. The van der Waals surface area contributed by atoms with Crippen LogP contribution >= 0.6 is 0 Å². The summed E-state index contributed by atoms with van der Waals surface area (Å²) in [6.45, 7) is 2.42. The van der Waals surface area contributed by atoms with Crippen molar-refractivity contribution >= 4 is 11.6 Å². The van der Waals surface area contributed by atoms with Crippen molar-refractivity contribution in [3.63, 3.8) is 0 Å². The fraction of sp³-hybridized carbons (Fsp3) is 0.450. The van der Waals surface area contributed by atoms with Crippen LogP contribution in [-0.4, -0.2) is 46.8 Å². The number of carbonyl (C=O) groups is 1.